The number of hydrogen-bond donors (Lipinski definition) is 3. The van der Waals surface area contributed by atoms with Crippen molar-refractivity contribution in [1.29, 1.82) is 0 Å². The lowest BCUT2D eigenvalue weighted by Gasteiger charge is -2.07. The molecule has 0 aromatic heterocycles. The van der Waals surface area contributed by atoms with E-state index in [4.69, 9.17) is 17.0 Å². The number of carbonyl (C=O) groups excluding carboxylic acids is 2. The van der Waals surface area contributed by atoms with Crippen LogP contribution in [0, 0.1) is 0 Å². The molecule has 7 nitrogen and oxygen atoms in total. The molecule has 2 aromatic carbocycles. The van der Waals surface area contributed by atoms with Crippen molar-refractivity contribution in [3.63, 3.8) is 0 Å². The Labute approximate surface area is 176 Å². The molecule has 9 heteroatoms. The first-order valence-corrected chi connectivity index (χ1v) is 9.74. The molecule has 0 saturated carbocycles. The summed E-state index contributed by atoms with van der Waals surface area (Å²) in [7, 11) is 0. The third-order valence-corrected chi connectivity index (χ3v) is 4.99. The van der Waals surface area contributed by atoms with E-state index >= 15 is 0 Å². The van der Waals surface area contributed by atoms with Crippen molar-refractivity contribution in [2.24, 2.45) is 5.10 Å². The van der Waals surface area contributed by atoms with Gasteiger partial charge in [0.15, 0.2) is 6.61 Å². The minimum atomic E-state index is -0.432. The number of thioether (sulfide) groups is 1. The standard InChI is InChI=1S/C20H17N3O4S2/c1-12(15-4-2-3-5-16(15)24)22-23-18(25)11-27-14-8-6-13(7-9-14)10-17-19(26)21-20(28)29-17/h2-10,24H,11H2,1H3,(H,23,25)(H,21,26,28)/b17-10+,22-12+. The van der Waals surface area contributed by atoms with Gasteiger partial charge < -0.3 is 15.2 Å². The van der Waals surface area contributed by atoms with Gasteiger partial charge in [0.2, 0.25) is 0 Å². The second-order valence-corrected chi connectivity index (χ2v) is 7.68. The highest BCUT2D eigenvalue weighted by atomic mass is 32.2. The average Bonchev–Trinajstić information content (AvgIpc) is 3.02. The number of hydrazone groups is 1. The summed E-state index contributed by atoms with van der Waals surface area (Å²) in [5.74, 6) is -0.0532. The summed E-state index contributed by atoms with van der Waals surface area (Å²) in [6, 6.07) is 13.7. The Balaban J connectivity index is 1.52. The van der Waals surface area contributed by atoms with Gasteiger partial charge in [0, 0.05) is 5.56 Å². The van der Waals surface area contributed by atoms with E-state index in [-0.39, 0.29) is 18.3 Å². The molecule has 0 bridgehead atoms. The number of amides is 2. The van der Waals surface area contributed by atoms with Crippen LogP contribution in [0.15, 0.2) is 58.5 Å². The third-order valence-electron chi connectivity index (χ3n) is 3.83. The minimum Gasteiger partial charge on any atom is -0.507 e. The quantitative estimate of drug-likeness (QED) is 0.284. The van der Waals surface area contributed by atoms with E-state index in [1.807, 2.05) is 0 Å². The van der Waals surface area contributed by atoms with Gasteiger partial charge in [0.1, 0.15) is 15.8 Å². The van der Waals surface area contributed by atoms with Gasteiger partial charge >= 0.3 is 0 Å². The normalized spacial score (nSPS) is 15.3. The molecule has 0 spiro atoms. The highest BCUT2D eigenvalue weighted by Gasteiger charge is 2.21. The zero-order valence-electron chi connectivity index (χ0n) is 15.3. The van der Waals surface area contributed by atoms with Crippen LogP contribution in [0.5, 0.6) is 11.5 Å². The monoisotopic (exact) mass is 427 g/mol. The molecule has 148 valence electrons. The Morgan fingerprint density at radius 1 is 1.28 bits per heavy atom. The van der Waals surface area contributed by atoms with Gasteiger partial charge in [0.25, 0.3) is 11.8 Å². The van der Waals surface area contributed by atoms with Crippen LogP contribution in [0.2, 0.25) is 0 Å². The zero-order chi connectivity index (χ0) is 20.8. The minimum absolute atomic E-state index is 0.0876. The molecule has 1 heterocycles. The Morgan fingerprint density at radius 2 is 2.00 bits per heavy atom. The molecule has 29 heavy (non-hydrogen) atoms. The number of phenols is 1. The molecular weight excluding hydrogens is 410 g/mol. The maximum Gasteiger partial charge on any atom is 0.277 e. The number of phenolic OH excluding ortho intramolecular Hbond substituents is 1. The molecule has 0 aliphatic carbocycles. The Hall–Kier alpha value is -3.17. The molecule has 0 radical (unpaired) electrons. The zero-order valence-corrected chi connectivity index (χ0v) is 17.0. The second kappa shape index (κ2) is 9.35. The maximum atomic E-state index is 11.9. The fourth-order valence-corrected chi connectivity index (χ4v) is 3.44. The molecule has 1 aliphatic rings. The van der Waals surface area contributed by atoms with Gasteiger partial charge in [-0.1, -0.05) is 48.2 Å². The highest BCUT2D eigenvalue weighted by Crippen LogP contribution is 2.26. The molecule has 0 unspecified atom stereocenters. The fraction of sp³-hybridized carbons (Fsp3) is 0.100. The number of aromatic hydroxyl groups is 1. The van der Waals surface area contributed by atoms with E-state index in [0.29, 0.717) is 26.3 Å². The summed E-state index contributed by atoms with van der Waals surface area (Å²) in [5, 5.41) is 16.3. The van der Waals surface area contributed by atoms with Gasteiger partial charge in [-0.25, -0.2) is 5.43 Å². The second-order valence-electron chi connectivity index (χ2n) is 5.96. The Kier molecular flexibility index (Phi) is 6.63. The number of thiocarbonyl (C=S) groups is 1. The molecule has 3 N–H and O–H groups in total. The summed E-state index contributed by atoms with van der Waals surface area (Å²) in [4.78, 5) is 24.1. The lowest BCUT2D eigenvalue weighted by Crippen LogP contribution is -2.25. The van der Waals surface area contributed by atoms with Crippen molar-refractivity contribution >= 4 is 51.9 Å². The first-order chi connectivity index (χ1) is 13.9. The SMILES string of the molecule is C/C(=N\NC(=O)COc1ccc(/C=C2/SC(=S)NC2=O)cc1)c1ccccc1O. The number of rotatable bonds is 6. The molecular formula is C20H17N3O4S2. The lowest BCUT2D eigenvalue weighted by molar-refractivity contribution is -0.123. The average molecular weight is 428 g/mol. The van der Waals surface area contributed by atoms with Gasteiger partial charge in [0.05, 0.1) is 10.6 Å². The topological polar surface area (TPSA) is 100 Å². The molecule has 2 aromatic rings. The summed E-state index contributed by atoms with van der Waals surface area (Å²) in [6.45, 7) is 1.46. The predicted octanol–water partition coefficient (Wildman–Crippen LogP) is 2.80. The van der Waals surface area contributed by atoms with Crippen molar-refractivity contribution in [3.05, 3.63) is 64.6 Å². The molecule has 2 amide bonds. The van der Waals surface area contributed by atoms with Crippen LogP contribution in [0.4, 0.5) is 0 Å². The first kappa shape index (κ1) is 20.6. The van der Waals surface area contributed by atoms with Crippen molar-refractivity contribution in [2.45, 2.75) is 6.92 Å². The summed E-state index contributed by atoms with van der Waals surface area (Å²) < 4.78 is 5.87. The Bertz CT molecular complexity index is 1020. The molecule has 1 saturated heterocycles. The van der Waals surface area contributed by atoms with Gasteiger partial charge in [-0.15, -0.1) is 0 Å². The van der Waals surface area contributed by atoms with E-state index in [1.165, 1.54) is 11.8 Å². The van der Waals surface area contributed by atoms with Crippen molar-refractivity contribution in [3.8, 4) is 11.5 Å². The third kappa shape index (κ3) is 5.66. The van der Waals surface area contributed by atoms with Crippen LogP contribution in [0.1, 0.15) is 18.1 Å². The number of hydrogen-bond acceptors (Lipinski definition) is 7. The molecule has 1 aliphatic heterocycles. The molecule has 3 rings (SSSR count). The van der Waals surface area contributed by atoms with E-state index in [1.54, 1.807) is 61.5 Å². The van der Waals surface area contributed by atoms with Gasteiger partial charge in [-0.2, -0.15) is 5.10 Å². The van der Waals surface area contributed by atoms with Crippen LogP contribution in [0.3, 0.4) is 0 Å². The van der Waals surface area contributed by atoms with Crippen molar-refractivity contribution in [1.82, 2.24) is 10.7 Å². The van der Waals surface area contributed by atoms with Crippen LogP contribution in [0.25, 0.3) is 6.08 Å². The van der Waals surface area contributed by atoms with E-state index in [9.17, 15) is 14.7 Å². The van der Waals surface area contributed by atoms with Crippen LogP contribution < -0.4 is 15.5 Å². The number of nitrogens with zero attached hydrogens (tertiary/aromatic N) is 1. The van der Waals surface area contributed by atoms with Crippen LogP contribution >= 0.6 is 24.0 Å². The fourth-order valence-electron chi connectivity index (χ4n) is 2.40. The largest absolute Gasteiger partial charge is 0.507 e. The van der Waals surface area contributed by atoms with E-state index in [0.717, 1.165) is 5.56 Å². The smallest absolute Gasteiger partial charge is 0.277 e. The Morgan fingerprint density at radius 3 is 2.66 bits per heavy atom. The van der Waals surface area contributed by atoms with Crippen LogP contribution in [-0.2, 0) is 9.59 Å². The summed E-state index contributed by atoms with van der Waals surface area (Å²) in [6.07, 6.45) is 1.73. The number of benzene rings is 2. The number of carbonyl (C=O) groups is 2. The lowest BCUT2D eigenvalue weighted by atomic mass is 10.1. The number of para-hydroxylation sites is 1. The number of nitrogens with one attached hydrogen (secondary N) is 2. The maximum absolute atomic E-state index is 11.9. The van der Waals surface area contributed by atoms with Gasteiger partial charge in [-0.05, 0) is 42.8 Å². The first-order valence-electron chi connectivity index (χ1n) is 8.51. The molecule has 0 atom stereocenters. The van der Waals surface area contributed by atoms with Crippen molar-refractivity contribution < 1.29 is 19.4 Å². The number of ether oxygens (including phenoxy) is 1. The summed E-state index contributed by atoms with van der Waals surface area (Å²) in [5.41, 5.74) is 4.21. The van der Waals surface area contributed by atoms with Crippen molar-refractivity contribution in [2.75, 3.05) is 6.61 Å². The van der Waals surface area contributed by atoms with E-state index < -0.39 is 5.91 Å². The predicted molar refractivity (Wildman–Crippen MR) is 117 cm³/mol. The highest BCUT2D eigenvalue weighted by molar-refractivity contribution is 8.26. The van der Waals surface area contributed by atoms with E-state index in [2.05, 4.69) is 15.8 Å². The van der Waals surface area contributed by atoms with Crippen LogP contribution in [-0.4, -0.2) is 33.6 Å². The molecule has 1 fully saturated rings. The van der Waals surface area contributed by atoms with Gasteiger partial charge in [-0.3, -0.25) is 9.59 Å². The summed E-state index contributed by atoms with van der Waals surface area (Å²) >= 11 is 6.16.